The van der Waals surface area contributed by atoms with E-state index in [1.165, 1.54) is 32.2 Å². The highest BCUT2D eigenvalue weighted by atomic mass is 16.3. The van der Waals surface area contributed by atoms with Crippen molar-refractivity contribution in [3.8, 4) is 0 Å². The van der Waals surface area contributed by atoms with Gasteiger partial charge in [0.2, 0.25) is 0 Å². The third-order valence-electron chi connectivity index (χ3n) is 5.00. The molecule has 2 aliphatic rings. The number of hydrogen-bond acceptors (Lipinski definition) is 4. The fraction of sp³-hybridized carbons (Fsp3) is 1.00. The van der Waals surface area contributed by atoms with Crippen LogP contribution in [0.25, 0.3) is 0 Å². The zero-order valence-electron chi connectivity index (χ0n) is 12.9. The summed E-state index contributed by atoms with van der Waals surface area (Å²) in [7, 11) is 0. The van der Waals surface area contributed by atoms with Crippen LogP contribution in [0.4, 0.5) is 0 Å². The van der Waals surface area contributed by atoms with Crippen LogP contribution in [0, 0.1) is 11.8 Å². The van der Waals surface area contributed by atoms with Crippen molar-refractivity contribution in [2.45, 2.75) is 57.6 Å². The second-order valence-corrected chi connectivity index (χ2v) is 6.83. The molecule has 0 spiro atoms. The van der Waals surface area contributed by atoms with Crippen molar-refractivity contribution < 1.29 is 10.2 Å². The predicted octanol–water partition coefficient (Wildman–Crippen LogP) is 1.22. The van der Waals surface area contributed by atoms with Gasteiger partial charge in [0.25, 0.3) is 0 Å². The minimum absolute atomic E-state index is 0.219. The van der Waals surface area contributed by atoms with Gasteiger partial charge in [0, 0.05) is 32.3 Å². The van der Waals surface area contributed by atoms with Gasteiger partial charge in [0.1, 0.15) is 0 Å². The number of aliphatic hydroxyl groups is 2. The van der Waals surface area contributed by atoms with Gasteiger partial charge in [0.05, 0.1) is 6.10 Å². The lowest BCUT2D eigenvalue weighted by molar-refractivity contribution is 0.0417. The van der Waals surface area contributed by atoms with E-state index in [1.54, 1.807) is 0 Å². The lowest BCUT2D eigenvalue weighted by atomic mass is 9.89. The summed E-state index contributed by atoms with van der Waals surface area (Å²) < 4.78 is 0. The average Bonchev–Trinajstić information content (AvgIpc) is 2.91. The number of piperidine rings is 1. The molecule has 0 aromatic carbocycles. The lowest BCUT2D eigenvalue weighted by Crippen LogP contribution is -2.52. The fourth-order valence-corrected chi connectivity index (χ4v) is 3.82. The molecule has 3 N–H and O–H groups in total. The van der Waals surface area contributed by atoms with Gasteiger partial charge < -0.3 is 20.4 Å². The summed E-state index contributed by atoms with van der Waals surface area (Å²) >= 11 is 0. The fourth-order valence-electron chi connectivity index (χ4n) is 3.82. The molecule has 1 aliphatic heterocycles. The molecule has 4 nitrogen and oxygen atoms in total. The molecule has 4 heteroatoms. The van der Waals surface area contributed by atoms with E-state index >= 15 is 0 Å². The summed E-state index contributed by atoms with van der Waals surface area (Å²) in [6.07, 6.45) is 7.23. The van der Waals surface area contributed by atoms with Crippen molar-refractivity contribution in [2.24, 2.45) is 11.8 Å². The van der Waals surface area contributed by atoms with Gasteiger partial charge in [-0.25, -0.2) is 0 Å². The Bertz CT molecular complexity index is 265. The summed E-state index contributed by atoms with van der Waals surface area (Å²) in [4.78, 5) is 2.56. The van der Waals surface area contributed by atoms with Crippen LogP contribution >= 0.6 is 0 Å². The molecular formula is C16H32N2O2. The lowest BCUT2D eigenvalue weighted by Gasteiger charge is -2.40. The minimum Gasteiger partial charge on any atom is -0.396 e. The maximum atomic E-state index is 9.95. The van der Waals surface area contributed by atoms with Crippen molar-refractivity contribution in [1.82, 2.24) is 10.2 Å². The zero-order valence-corrected chi connectivity index (χ0v) is 12.9. The van der Waals surface area contributed by atoms with E-state index in [4.69, 9.17) is 5.11 Å². The number of hydrogen-bond donors (Lipinski definition) is 3. The minimum atomic E-state index is -0.219. The molecule has 2 rings (SSSR count). The average molecular weight is 284 g/mol. The van der Waals surface area contributed by atoms with Crippen molar-refractivity contribution >= 4 is 0 Å². The van der Waals surface area contributed by atoms with Crippen LogP contribution < -0.4 is 5.32 Å². The molecule has 0 aromatic rings. The molecule has 20 heavy (non-hydrogen) atoms. The number of nitrogens with one attached hydrogen (secondary N) is 1. The highest BCUT2D eigenvalue weighted by molar-refractivity contribution is 4.87. The first kappa shape index (κ1) is 16.2. The van der Waals surface area contributed by atoms with E-state index in [9.17, 15) is 5.11 Å². The van der Waals surface area contributed by atoms with Crippen molar-refractivity contribution in [2.75, 3.05) is 32.8 Å². The molecule has 0 aromatic heterocycles. The molecule has 0 amide bonds. The van der Waals surface area contributed by atoms with Crippen molar-refractivity contribution in [3.05, 3.63) is 0 Å². The third-order valence-corrected chi connectivity index (χ3v) is 5.00. The number of nitrogens with zero attached hydrogens (tertiary/aromatic N) is 1. The SMILES string of the molecule is CC(O)C1CC(NCCCO)CN(CC2CCCC2)C1. The number of rotatable bonds is 7. The van der Waals surface area contributed by atoms with E-state index < -0.39 is 0 Å². The maximum absolute atomic E-state index is 9.95. The Labute approximate surface area is 123 Å². The van der Waals surface area contributed by atoms with Gasteiger partial charge in [0.15, 0.2) is 0 Å². The van der Waals surface area contributed by atoms with Crippen LogP contribution in [-0.4, -0.2) is 60.0 Å². The molecule has 1 saturated carbocycles. The summed E-state index contributed by atoms with van der Waals surface area (Å²) in [5, 5.41) is 22.4. The van der Waals surface area contributed by atoms with Crippen LogP contribution in [-0.2, 0) is 0 Å². The molecular weight excluding hydrogens is 252 g/mol. The van der Waals surface area contributed by atoms with Gasteiger partial charge in [-0.15, -0.1) is 0 Å². The van der Waals surface area contributed by atoms with Gasteiger partial charge in [-0.2, -0.15) is 0 Å². The molecule has 118 valence electrons. The zero-order chi connectivity index (χ0) is 14.4. The molecule has 0 bridgehead atoms. The Morgan fingerprint density at radius 2 is 2.00 bits per heavy atom. The maximum Gasteiger partial charge on any atom is 0.0553 e. The normalized spacial score (nSPS) is 30.8. The van der Waals surface area contributed by atoms with Gasteiger partial charge >= 0.3 is 0 Å². The highest BCUT2D eigenvalue weighted by Gasteiger charge is 2.31. The van der Waals surface area contributed by atoms with Crippen LogP contribution in [0.2, 0.25) is 0 Å². The smallest absolute Gasteiger partial charge is 0.0553 e. The van der Waals surface area contributed by atoms with Gasteiger partial charge in [-0.1, -0.05) is 12.8 Å². The van der Waals surface area contributed by atoms with Crippen molar-refractivity contribution in [1.29, 1.82) is 0 Å². The van der Waals surface area contributed by atoms with Crippen molar-refractivity contribution in [3.63, 3.8) is 0 Å². The van der Waals surface area contributed by atoms with E-state index in [1.807, 2.05) is 6.92 Å². The molecule has 3 unspecified atom stereocenters. The van der Waals surface area contributed by atoms with Crippen LogP contribution in [0.1, 0.15) is 45.4 Å². The Morgan fingerprint density at radius 3 is 2.65 bits per heavy atom. The van der Waals surface area contributed by atoms with E-state index in [0.29, 0.717) is 12.0 Å². The monoisotopic (exact) mass is 284 g/mol. The van der Waals surface area contributed by atoms with Crippen LogP contribution in [0.15, 0.2) is 0 Å². The van der Waals surface area contributed by atoms with Crippen LogP contribution in [0.3, 0.4) is 0 Å². The van der Waals surface area contributed by atoms with E-state index in [2.05, 4.69) is 10.2 Å². The standard InChI is InChI=1S/C16H32N2O2/c1-13(20)15-9-16(17-7-4-8-19)12-18(11-15)10-14-5-2-3-6-14/h13-17,19-20H,2-12H2,1H3. The first-order valence-electron chi connectivity index (χ1n) is 8.43. The van der Waals surface area contributed by atoms with Crippen LogP contribution in [0.5, 0.6) is 0 Å². The second kappa shape index (κ2) is 8.32. The molecule has 1 aliphatic carbocycles. The van der Waals surface area contributed by atoms with E-state index in [0.717, 1.165) is 38.4 Å². The first-order chi connectivity index (χ1) is 9.69. The predicted molar refractivity (Wildman–Crippen MR) is 81.7 cm³/mol. The Hall–Kier alpha value is -0.160. The van der Waals surface area contributed by atoms with Gasteiger partial charge in [-0.3, -0.25) is 0 Å². The van der Waals surface area contributed by atoms with E-state index in [-0.39, 0.29) is 12.7 Å². The summed E-state index contributed by atoms with van der Waals surface area (Å²) in [6.45, 7) is 6.42. The molecule has 1 heterocycles. The number of likely N-dealkylation sites (tertiary alicyclic amines) is 1. The molecule has 0 radical (unpaired) electrons. The third kappa shape index (κ3) is 4.99. The quantitative estimate of drug-likeness (QED) is 0.615. The summed E-state index contributed by atoms with van der Waals surface area (Å²) in [5.74, 6) is 1.26. The molecule has 2 fully saturated rings. The molecule has 3 atom stereocenters. The Balaban J connectivity index is 1.82. The summed E-state index contributed by atoms with van der Waals surface area (Å²) in [5.41, 5.74) is 0. The largest absolute Gasteiger partial charge is 0.396 e. The topological polar surface area (TPSA) is 55.7 Å². The summed E-state index contributed by atoms with van der Waals surface area (Å²) in [6, 6.07) is 0.469. The Kier molecular flexibility index (Phi) is 6.75. The van der Waals surface area contributed by atoms with Gasteiger partial charge in [-0.05, 0) is 51.0 Å². The number of aliphatic hydroxyl groups excluding tert-OH is 2. The Morgan fingerprint density at radius 1 is 1.25 bits per heavy atom. The molecule has 1 saturated heterocycles. The first-order valence-corrected chi connectivity index (χ1v) is 8.43. The second-order valence-electron chi connectivity index (χ2n) is 6.83. The highest BCUT2D eigenvalue weighted by Crippen LogP contribution is 2.28.